The van der Waals surface area contributed by atoms with Crippen molar-refractivity contribution in [3.05, 3.63) is 28.8 Å². The molecule has 1 aromatic carbocycles. The highest BCUT2D eigenvalue weighted by Crippen LogP contribution is 2.24. The Balaban J connectivity index is 2.04. The number of likely N-dealkylation sites (tertiary alicyclic amines) is 1. The summed E-state index contributed by atoms with van der Waals surface area (Å²) in [7, 11) is 0. The van der Waals surface area contributed by atoms with Crippen LogP contribution in [0.4, 0.5) is 0 Å². The minimum Gasteiger partial charge on any atom is -0.481 e. The molecule has 1 saturated heterocycles. The molecule has 1 fully saturated rings. The zero-order valence-corrected chi connectivity index (χ0v) is 12.6. The van der Waals surface area contributed by atoms with Crippen LogP contribution in [0.3, 0.4) is 0 Å². The van der Waals surface area contributed by atoms with E-state index in [1.54, 1.807) is 30.0 Å². The largest absolute Gasteiger partial charge is 0.481 e. The molecule has 2 atom stereocenters. The van der Waals surface area contributed by atoms with Gasteiger partial charge < -0.3 is 14.7 Å². The lowest BCUT2D eigenvalue weighted by molar-refractivity contribution is -0.139. The van der Waals surface area contributed by atoms with Crippen LogP contribution in [0.25, 0.3) is 0 Å². The van der Waals surface area contributed by atoms with E-state index >= 15 is 0 Å². The van der Waals surface area contributed by atoms with Gasteiger partial charge in [0, 0.05) is 11.6 Å². The summed E-state index contributed by atoms with van der Waals surface area (Å²) in [6.45, 7) is 4.34. The van der Waals surface area contributed by atoms with Crippen molar-refractivity contribution in [2.24, 2.45) is 0 Å². The van der Waals surface area contributed by atoms with Crippen molar-refractivity contribution in [1.82, 2.24) is 4.90 Å². The van der Waals surface area contributed by atoms with Crippen molar-refractivity contribution in [2.45, 2.75) is 38.8 Å². The number of aliphatic hydroxyl groups excluding tert-OH is 1. The molecular formula is C15H20ClNO3. The maximum absolute atomic E-state index is 12.4. The summed E-state index contributed by atoms with van der Waals surface area (Å²) in [6, 6.07) is 5.25. The van der Waals surface area contributed by atoms with Crippen molar-refractivity contribution in [3.8, 4) is 5.75 Å². The van der Waals surface area contributed by atoms with Crippen LogP contribution < -0.4 is 4.74 Å². The lowest BCUT2D eigenvalue weighted by Crippen LogP contribution is -2.44. The lowest BCUT2D eigenvalue weighted by atomic mass is 10.2. The normalized spacial score (nSPS) is 20.0. The van der Waals surface area contributed by atoms with Crippen molar-refractivity contribution in [2.75, 3.05) is 13.2 Å². The van der Waals surface area contributed by atoms with E-state index in [0.717, 1.165) is 18.4 Å². The van der Waals surface area contributed by atoms with Crippen LogP contribution in [-0.2, 0) is 4.79 Å². The number of aliphatic hydroxyl groups is 1. The van der Waals surface area contributed by atoms with Crippen LogP contribution in [0.1, 0.15) is 25.3 Å². The highest BCUT2D eigenvalue weighted by atomic mass is 35.5. The van der Waals surface area contributed by atoms with E-state index in [2.05, 4.69) is 0 Å². The first-order chi connectivity index (χ1) is 9.52. The molecule has 1 unspecified atom stereocenters. The van der Waals surface area contributed by atoms with E-state index in [0.29, 0.717) is 17.3 Å². The summed E-state index contributed by atoms with van der Waals surface area (Å²) in [5, 5.41) is 9.93. The molecule has 0 bridgehead atoms. The number of hydrogen-bond donors (Lipinski definition) is 1. The molecule has 0 aliphatic carbocycles. The molecule has 1 aromatic rings. The molecule has 2 rings (SSSR count). The Morgan fingerprint density at radius 2 is 2.35 bits per heavy atom. The molecule has 0 radical (unpaired) electrons. The average Bonchev–Trinajstić information content (AvgIpc) is 2.89. The fraction of sp³-hybridized carbons (Fsp3) is 0.533. The summed E-state index contributed by atoms with van der Waals surface area (Å²) < 4.78 is 5.74. The zero-order valence-electron chi connectivity index (χ0n) is 11.8. The highest BCUT2D eigenvalue weighted by molar-refractivity contribution is 6.30. The number of hydrogen-bond acceptors (Lipinski definition) is 3. The first kappa shape index (κ1) is 15.1. The van der Waals surface area contributed by atoms with Gasteiger partial charge in [0.05, 0.1) is 12.6 Å². The first-order valence-corrected chi connectivity index (χ1v) is 7.25. The summed E-state index contributed by atoms with van der Waals surface area (Å²) in [6.07, 6.45) is 1.22. The molecular weight excluding hydrogens is 278 g/mol. The molecule has 5 heteroatoms. The highest BCUT2D eigenvalue weighted by Gasteiger charge is 2.31. The Hall–Kier alpha value is -1.26. The molecule has 20 heavy (non-hydrogen) atoms. The van der Waals surface area contributed by atoms with Gasteiger partial charge in [-0.25, -0.2) is 0 Å². The molecule has 1 heterocycles. The predicted molar refractivity (Wildman–Crippen MR) is 78.1 cm³/mol. The third-order valence-corrected chi connectivity index (χ3v) is 3.89. The molecule has 1 N–H and O–H groups in total. The molecule has 1 amide bonds. The van der Waals surface area contributed by atoms with Gasteiger partial charge in [0.15, 0.2) is 6.10 Å². The molecule has 0 aromatic heterocycles. The van der Waals surface area contributed by atoms with Crippen LogP contribution in [0.15, 0.2) is 18.2 Å². The Bertz CT molecular complexity index is 492. The van der Waals surface area contributed by atoms with Gasteiger partial charge >= 0.3 is 0 Å². The maximum atomic E-state index is 12.4. The third-order valence-electron chi connectivity index (χ3n) is 3.66. The van der Waals surface area contributed by atoms with Crippen molar-refractivity contribution in [3.63, 3.8) is 0 Å². The van der Waals surface area contributed by atoms with Gasteiger partial charge in [0.1, 0.15) is 5.75 Å². The van der Waals surface area contributed by atoms with Crippen LogP contribution >= 0.6 is 11.6 Å². The second kappa shape index (κ2) is 6.46. The van der Waals surface area contributed by atoms with Crippen molar-refractivity contribution >= 4 is 17.5 Å². The van der Waals surface area contributed by atoms with Gasteiger partial charge in [-0.3, -0.25) is 4.79 Å². The molecule has 4 nitrogen and oxygen atoms in total. The lowest BCUT2D eigenvalue weighted by Gasteiger charge is -2.26. The number of aryl methyl sites for hydroxylation is 1. The summed E-state index contributed by atoms with van der Waals surface area (Å²) in [5.41, 5.74) is 0.900. The predicted octanol–water partition coefficient (Wildman–Crippen LogP) is 2.40. The van der Waals surface area contributed by atoms with Gasteiger partial charge in [-0.1, -0.05) is 11.6 Å². The van der Waals surface area contributed by atoms with E-state index in [-0.39, 0.29) is 18.6 Å². The molecule has 0 saturated carbocycles. The topological polar surface area (TPSA) is 49.8 Å². The number of carbonyl (C=O) groups excluding carboxylic acids is 1. The van der Waals surface area contributed by atoms with Crippen molar-refractivity contribution in [1.29, 1.82) is 0 Å². The second-order valence-electron chi connectivity index (χ2n) is 5.18. The Morgan fingerprint density at radius 1 is 1.60 bits per heavy atom. The Labute approximate surface area is 124 Å². The second-order valence-corrected chi connectivity index (χ2v) is 5.62. The Kier molecular flexibility index (Phi) is 4.89. The van der Waals surface area contributed by atoms with Gasteiger partial charge in [0.2, 0.25) is 0 Å². The van der Waals surface area contributed by atoms with Crippen LogP contribution in [0, 0.1) is 6.92 Å². The zero-order chi connectivity index (χ0) is 14.7. The quantitative estimate of drug-likeness (QED) is 0.928. The number of benzene rings is 1. The number of ether oxygens (including phenoxy) is 1. The SMILES string of the molecule is Cc1cc(Cl)ccc1OC(C)C(=O)N1CCC[C@@H]1CO. The van der Waals surface area contributed by atoms with Gasteiger partial charge in [-0.15, -0.1) is 0 Å². The van der Waals surface area contributed by atoms with E-state index in [4.69, 9.17) is 16.3 Å². The number of rotatable bonds is 4. The molecule has 1 aliphatic heterocycles. The van der Waals surface area contributed by atoms with Gasteiger partial charge in [-0.05, 0) is 50.5 Å². The minimum absolute atomic E-state index is 0.0123. The fourth-order valence-corrected chi connectivity index (χ4v) is 2.76. The van der Waals surface area contributed by atoms with Gasteiger partial charge in [0.25, 0.3) is 5.91 Å². The molecule has 1 aliphatic rings. The first-order valence-electron chi connectivity index (χ1n) is 6.87. The van der Waals surface area contributed by atoms with Crippen molar-refractivity contribution < 1.29 is 14.6 Å². The monoisotopic (exact) mass is 297 g/mol. The van der Waals surface area contributed by atoms with Crippen LogP contribution in [0.2, 0.25) is 5.02 Å². The summed E-state index contributed by atoms with van der Waals surface area (Å²) >= 11 is 5.90. The standard InChI is InChI=1S/C15H20ClNO3/c1-10-8-12(16)5-6-14(10)20-11(2)15(19)17-7-3-4-13(17)9-18/h5-6,8,11,13,18H,3-4,7,9H2,1-2H3/t11?,13-/m1/s1. The summed E-state index contributed by atoms with van der Waals surface area (Å²) in [5.74, 6) is 0.589. The number of halogens is 1. The average molecular weight is 298 g/mol. The van der Waals surface area contributed by atoms with Crippen LogP contribution in [0.5, 0.6) is 5.75 Å². The van der Waals surface area contributed by atoms with Crippen LogP contribution in [-0.4, -0.2) is 41.2 Å². The number of amides is 1. The number of carbonyl (C=O) groups is 1. The van der Waals surface area contributed by atoms with E-state index in [1.807, 2.05) is 6.92 Å². The van der Waals surface area contributed by atoms with E-state index in [1.165, 1.54) is 0 Å². The molecule has 110 valence electrons. The Morgan fingerprint density at radius 3 is 3.00 bits per heavy atom. The summed E-state index contributed by atoms with van der Waals surface area (Å²) in [4.78, 5) is 14.1. The van der Waals surface area contributed by atoms with Gasteiger partial charge in [-0.2, -0.15) is 0 Å². The number of nitrogens with zero attached hydrogens (tertiary/aromatic N) is 1. The molecule has 0 spiro atoms. The maximum Gasteiger partial charge on any atom is 0.263 e. The third kappa shape index (κ3) is 3.25. The van der Waals surface area contributed by atoms with E-state index in [9.17, 15) is 9.90 Å². The van der Waals surface area contributed by atoms with E-state index < -0.39 is 6.10 Å². The fourth-order valence-electron chi connectivity index (χ4n) is 2.54. The smallest absolute Gasteiger partial charge is 0.263 e. The minimum atomic E-state index is -0.568.